The van der Waals surface area contributed by atoms with Crippen LogP contribution in [0.15, 0.2) is 11.6 Å². The molecular weight excluding hydrogens is 184 g/mol. The second-order valence-corrected chi connectivity index (χ2v) is 6.35. The minimum atomic E-state index is -0.482. The van der Waals surface area contributed by atoms with E-state index in [1.165, 1.54) is 24.8 Å². The monoisotopic (exact) mass is 208 g/mol. The summed E-state index contributed by atoms with van der Waals surface area (Å²) in [5.74, 6) is 0.428. The van der Waals surface area contributed by atoms with Gasteiger partial charge in [-0.25, -0.2) is 0 Å². The van der Waals surface area contributed by atoms with Gasteiger partial charge in [-0.2, -0.15) is 0 Å². The highest BCUT2D eigenvalue weighted by Gasteiger charge is 2.49. The van der Waals surface area contributed by atoms with Crippen molar-refractivity contribution in [2.24, 2.45) is 11.3 Å². The zero-order valence-electron chi connectivity index (χ0n) is 10.3. The third-order valence-corrected chi connectivity index (χ3v) is 4.27. The van der Waals surface area contributed by atoms with Crippen molar-refractivity contribution in [2.45, 2.75) is 64.9 Å². The molecule has 0 amide bonds. The first-order valence-electron chi connectivity index (χ1n) is 6.36. The maximum absolute atomic E-state index is 10.9. The number of hydrogen-bond donors (Lipinski definition) is 1. The predicted molar refractivity (Wildman–Crippen MR) is 63.7 cm³/mol. The van der Waals surface area contributed by atoms with Crippen molar-refractivity contribution in [1.29, 1.82) is 0 Å². The molecule has 2 aliphatic rings. The van der Waals surface area contributed by atoms with Gasteiger partial charge in [0.2, 0.25) is 0 Å². The van der Waals surface area contributed by atoms with Crippen LogP contribution in [0, 0.1) is 11.3 Å². The van der Waals surface area contributed by atoms with E-state index in [0.717, 1.165) is 19.3 Å². The zero-order valence-corrected chi connectivity index (χ0v) is 10.3. The third-order valence-electron chi connectivity index (χ3n) is 4.27. The van der Waals surface area contributed by atoms with Crippen LogP contribution < -0.4 is 0 Å². The van der Waals surface area contributed by atoms with Crippen LogP contribution in [0.1, 0.15) is 59.3 Å². The summed E-state index contributed by atoms with van der Waals surface area (Å²) in [4.78, 5) is 0. The number of allylic oxidation sites excluding steroid dienone is 1. The summed E-state index contributed by atoms with van der Waals surface area (Å²) < 4.78 is 0. The molecule has 1 fully saturated rings. The van der Waals surface area contributed by atoms with E-state index in [1.807, 2.05) is 0 Å². The Morgan fingerprint density at radius 3 is 2.53 bits per heavy atom. The van der Waals surface area contributed by atoms with Crippen molar-refractivity contribution >= 4 is 0 Å². The summed E-state index contributed by atoms with van der Waals surface area (Å²) in [6.45, 7) is 6.78. The van der Waals surface area contributed by atoms with E-state index < -0.39 is 5.60 Å². The van der Waals surface area contributed by atoms with Gasteiger partial charge in [0, 0.05) is 0 Å². The maximum Gasteiger partial charge on any atom is 0.0887 e. The van der Waals surface area contributed by atoms with Crippen LogP contribution in [0.2, 0.25) is 0 Å². The van der Waals surface area contributed by atoms with Crippen LogP contribution in [0.4, 0.5) is 0 Å². The highest BCUT2D eigenvalue weighted by atomic mass is 16.3. The average molecular weight is 208 g/mol. The van der Waals surface area contributed by atoms with Crippen LogP contribution in [0.5, 0.6) is 0 Å². The van der Waals surface area contributed by atoms with Crippen LogP contribution in [0.25, 0.3) is 0 Å². The third kappa shape index (κ3) is 1.99. The summed E-state index contributed by atoms with van der Waals surface area (Å²) in [6, 6.07) is 0. The van der Waals surface area contributed by atoms with E-state index in [9.17, 15) is 5.11 Å². The molecule has 0 bridgehead atoms. The Bertz CT molecular complexity index is 277. The van der Waals surface area contributed by atoms with Crippen molar-refractivity contribution in [1.82, 2.24) is 0 Å². The first-order chi connectivity index (χ1) is 6.94. The molecule has 2 unspecified atom stereocenters. The molecule has 2 aliphatic carbocycles. The van der Waals surface area contributed by atoms with Crippen molar-refractivity contribution in [3.63, 3.8) is 0 Å². The molecule has 0 aliphatic heterocycles. The lowest BCUT2D eigenvalue weighted by atomic mass is 9.78. The number of aliphatic hydroxyl groups is 1. The average Bonchev–Trinajstić information content (AvgIpc) is 2.38. The zero-order chi connectivity index (χ0) is 11.1. The molecule has 2 atom stereocenters. The lowest BCUT2D eigenvalue weighted by Crippen LogP contribution is -2.35. The number of hydrogen-bond acceptors (Lipinski definition) is 1. The summed E-state index contributed by atoms with van der Waals surface area (Å²) in [7, 11) is 0. The van der Waals surface area contributed by atoms with E-state index in [0.29, 0.717) is 11.3 Å². The molecular formula is C14H24O. The lowest BCUT2D eigenvalue weighted by molar-refractivity contribution is 0.0360. The summed E-state index contributed by atoms with van der Waals surface area (Å²) in [5.41, 5.74) is 1.17. The summed E-state index contributed by atoms with van der Waals surface area (Å²) in [5, 5.41) is 10.9. The molecule has 86 valence electrons. The van der Waals surface area contributed by atoms with Gasteiger partial charge >= 0.3 is 0 Å². The SMILES string of the molecule is CC1CC(C)(C)CC1(O)C1=CCCCC1. The standard InChI is InChI=1S/C14H24O/c1-11-9-13(2,3)10-14(11,15)12-7-5-4-6-8-12/h7,11,15H,4-6,8-10H2,1-3H3. The second-order valence-electron chi connectivity index (χ2n) is 6.35. The molecule has 0 saturated heterocycles. The maximum atomic E-state index is 10.9. The molecule has 1 N–H and O–H groups in total. The van der Waals surface area contributed by atoms with Gasteiger partial charge in [-0.3, -0.25) is 0 Å². The minimum Gasteiger partial charge on any atom is -0.385 e. The molecule has 1 heteroatoms. The topological polar surface area (TPSA) is 20.2 Å². The highest BCUT2D eigenvalue weighted by Crippen LogP contribution is 2.52. The van der Waals surface area contributed by atoms with Crippen molar-refractivity contribution < 1.29 is 5.11 Å². The van der Waals surface area contributed by atoms with Gasteiger partial charge in [-0.1, -0.05) is 26.8 Å². The lowest BCUT2D eigenvalue weighted by Gasteiger charge is -2.33. The molecule has 0 aromatic rings. The van der Waals surface area contributed by atoms with E-state index >= 15 is 0 Å². The van der Waals surface area contributed by atoms with Gasteiger partial charge in [0.05, 0.1) is 5.60 Å². The van der Waals surface area contributed by atoms with Gasteiger partial charge in [0.15, 0.2) is 0 Å². The quantitative estimate of drug-likeness (QED) is 0.652. The Morgan fingerprint density at radius 1 is 1.33 bits per heavy atom. The van der Waals surface area contributed by atoms with Crippen LogP contribution in [0.3, 0.4) is 0 Å². The molecule has 0 aromatic carbocycles. The normalized spacial score (nSPS) is 40.3. The largest absolute Gasteiger partial charge is 0.385 e. The Labute approximate surface area is 93.6 Å². The summed E-state index contributed by atoms with van der Waals surface area (Å²) >= 11 is 0. The van der Waals surface area contributed by atoms with Crippen molar-refractivity contribution in [3.8, 4) is 0 Å². The minimum absolute atomic E-state index is 0.312. The van der Waals surface area contributed by atoms with Gasteiger partial charge in [-0.05, 0) is 55.4 Å². The van der Waals surface area contributed by atoms with E-state index in [2.05, 4.69) is 26.8 Å². The smallest absolute Gasteiger partial charge is 0.0887 e. The first-order valence-corrected chi connectivity index (χ1v) is 6.36. The van der Waals surface area contributed by atoms with Crippen molar-refractivity contribution in [3.05, 3.63) is 11.6 Å². The molecule has 0 heterocycles. The second kappa shape index (κ2) is 3.62. The Kier molecular flexibility index (Phi) is 2.70. The van der Waals surface area contributed by atoms with Gasteiger partial charge in [-0.15, -0.1) is 0 Å². The first kappa shape index (κ1) is 11.2. The van der Waals surface area contributed by atoms with Crippen LogP contribution in [-0.4, -0.2) is 10.7 Å². The van der Waals surface area contributed by atoms with E-state index in [-0.39, 0.29) is 0 Å². The Balaban J connectivity index is 2.22. The molecule has 0 radical (unpaired) electrons. The molecule has 1 saturated carbocycles. The molecule has 15 heavy (non-hydrogen) atoms. The van der Waals surface area contributed by atoms with E-state index in [4.69, 9.17) is 0 Å². The Morgan fingerprint density at radius 2 is 2.07 bits per heavy atom. The number of rotatable bonds is 1. The van der Waals surface area contributed by atoms with Gasteiger partial charge in [0.1, 0.15) is 0 Å². The van der Waals surface area contributed by atoms with Crippen LogP contribution in [-0.2, 0) is 0 Å². The Hall–Kier alpha value is -0.300. The van der Waals surface area contributed by atoms with E-state index in [1.54, 1.807) is 0 Å². The molecule has 1 nitrogen and oxygen atoms in total. The van der Waals surface area contributed by atoms with Gasteiger partial charge in [0.25, 0.3) is 0 Å². The summed E-state index contributed by atoms with van der Waals surface area (Å²) in [6.07, 6.45) is 9.27. The highest BCUT2D eigenvalue weighted by molar-refractivity contribution is 5.23. The fourth-order valence-corrected chi connectivity index (χ4v) is 3.64. The molecule has 0 aromatic heterocycles. The predicted octanol–water partition coefficient (Wildman–Crippen LogP) is 3.67. The van der Waals surface area contributed by atoms with Crippen LogP contribution >= 0.6 is 0 Å². The van der Waals surface area contributed by atoms with Gasteiger partial charge < -0.3 is 5.11 Å². The fraction of sp³-hybridized carbons (Fsp3) is 0.857. The van der Waals surface area contributed by atoms with Crippen molar-refractivity contribution in [2.75, 3.05) is 0 Å². The fourth-order valence-electron chi connectivity index (χ4n) is 3.64. The molecule has 2 rings (SSSR count). The molecule has 0 spiro atoms.